The van der Waals surface area contributed by atoms with Gasteiger partial charge in [-0.15, -0.1) is 0 Å². The number of carbonyl (C=O) groups excluding carboxylic acids is 1. The normalized spacial score (nSPS) is 13.2. The fourth-order valence-corrected chi connectivity index (χ4v) is 2.27. The third-order valence-electron chi connectivity index (χ3n) is 3.83. The first-order chi connectivity index (χ1) is 11.9. The van der Waals surface area contributed by atoms with E-state index in [1.807, 2.05) is 19.1 Å². The monoisotopic (exact) mass is 349 g/mol. The molecule has 0 aliphatic carbocycles. The van der Waals surface area contributed by atoms with Crippen LogP contribution in [0.4, 0.5) is 8.78 Å². The van der Waals surface area contributed by atoms with E-state index >= 15 is 0 Å². The van der Waals surface area contributed by atoms with Crippen LogP contribution in [0.2, 0.25) is 0 Å². The Hall–Kier alpha value is -2.47. The van der Waals surface area contributed by atoms with Gasteiger partial charge >= 0.3 is 5.97 Å². The average molecular weight is 349 g/mol. The van der Waals surface area contributed by atoms with Gasteiger partial charge in [-0.05, 0) is 49.2 Å². The summed E-state index contributed by atoms with van der Waals surface area (Å²) in [6.07, 6.45) is -0.678. The van der Waals surface area contributed by atoms with E-state index in [2.05, 4.69) is 10.1 Å². The van der Waals surface area contributed by atoms with E-state index in [1.54, 1.807) is 25.1 Å². The summed E-state index contributed by atoms with van der Waals surface area (Å²) in [4.78, 5) is 11.3. The van der Waals surface area contributed by atoms with E-state index < -0.39 is 23.7 Å². The molecule has 1 N–H and O–H groups in total. The van der Waals surface area contributed by atoms with Gasteiger partial charge in [0.15, 0.2) is 17.7 Å². The largest absolute Gasteiger partial charge is 0.479 e. The van der Waals surface area contributed by atoms with Gasteiger partial charge in [-0.25, -0.2) is 13.6 Å². The Kier molecular flexibility index (Phi) is 6.47. The summed E-state index contributed by atoms with van der Waals surface area (Å²) in [6, 6.07) is 11.0. The first-order valence-corrected chi connectivity index (χ1v) is 7.92. The summed E-state index contributed by atoms with van der Waals surface area (Å²) in [5.41, 5.74) is 1.67. The molecule has 2 rings (SSSR count). The topological polar surface area (TPSA) is 47.6 Å². The quantitative estimate of drug-likeness (QED) is 0.774. The Bertz CT molecular complexity index is 719. The van der Waals surface area contributed by atoms with Crippen molar-refractivity contribution in [1.82, 2.24) is 5.32 Å². The third kappa shape index (κ3) is 5.26. The summed E-state index contributed by atoms with van der Waals surface area (Å²) in [5, 5.41) is 3.25. The minimum absolute atomic E-state index is 0.134. The molecule has 0 aliphatic rings. The zero-order valence-corrected chi connectivity index (χ0v) is 14.4. The molecule has 0 amide bonds. The molecule has 2 atom stereocenters. The molecule has 25 heavy (non-hydrogen) atoms. The molecular formula is C19H21F2NO3. The standard InChI is InChI=1S/C19H21F2NO3/c1-12(15-6-9-17(20)18(21)10-15)22-11-14-4-7-16(8-5-14)25-13(2)19(23)24-3/h4-10,12-13,22H,11H2,1-3H3/t12-,13+/m1/s1. The van der Waals surface area contributed by atoms with Gasteiger partial charge in [0.2, 0.25) is 0 Å². The van der Waals surface area contributed by atoms with E-state index in [0.29, 0.717) is 17.9 Å². The Morgan fingerprint density at radius 3 is 2.36 bits per heavy atom. The second-order valence-electron chi connectivity index (χ2n) is 5.70. The Balaban J connectivity index is 1.90. The van der Waals surface area contributed by atoms with Gasteiger partial charge in [0.05, 0.1) is 7.11 Å². The number of hydrogen-bond acceptors (Lipinski definition) is 4. The van der Waals surface area contributed by atoms with E-state index in [4.69, 9.17) is 4.74 Å². The maximum Gasteiger partial charge on any atom is 0.346 e. The van der Waals surface area contributed by atoms with Gasteiger partial charge in [0.25, 0.3) is 0 Å². The van der Waals surface area contributed by atoms with E-state index in [9.17, 15) is 13.6 Å². The maximum absolute atomic E-state index is 13.3. The van der Waals surface area contributed by atoms with Gasteiger partial charge in [0, 0.05) is 12.6 Å². The van der Waals surface area contributed by atoms with Crippen molar-refractivity contribution in [3.05, 3.63) is 65.2 Å². The number of carbonyl (C=O) groups is 1. The molecule has 2 aromatic rings. The Morgan fingerprint density at radius 1 is 1.08 bits per heavy atom. The van der Waals surface area contributed by atoms with Crippen molar-refractivity contribution in [2.75, 3.05) is 7.11 Å². The van der Waals surface area contributed by atoms with Crippen LogP contribution in [-0.2, 0) is 16.1 Å². The van der Waals surface area contributed by atoms with Crippen LogP contribution in [0.15, 0.2) is 42.5 Å². The highest BCUT2D eigenvalue weighted by Crippen LogP contribution is 2.18. The van der Waals surface area contributed by atoms with Crippen molar-refractivity contribution < 1.29 is 23.0 Å². The van der Waals surface area contributed by atoms with Crippen molar-refractivity contribution in [2.45, 2.75) is 32.5 Å². The molecule has 4 nitrogen and oxygen atoms in total. The number of nitrogens with one attached hydrogen (secondary N) is 1. The fraction of sp³-hybridized carbons (Fsp3) is 0.316. The predicted molar refractivity (Wildman–Crippen MR) is 90.2 cm³/mol. The zero-order valence-electron chi connectivity index (χ0n) is 14.4. The van der Waals surface area contributed by atoms with Crippen molar-refractivity contribution in [3.63, 3.8) is 0 Å². The summed E-state index contributed by atoms with van der Waals surface area (Å²) in [7, 11) is 1.31. The van der Waals surface area contributed by atoms with Crippen LogP contribution in [0.1, 0.15) is 31.0 Å². The molecule has 0 fully saturated rings. The highest BCUT2D eigenvalue weighted by Gasteiger charge is 2.14. The number of methoxy groups -OCH3 is 1. The Labute approximate surface area is 145 Å². The van der Waals surface area contributed by atoms with Crippen LogP contribution in [0.5, 0.6) is 5.75 Å². The molecule has 134 valence electrons. The first kappa shape index (κ1) is 18.9. The molecule has 6 heteroatoms. The minimum atomic E-state index is -0.854. The first-order valence-electron chi connectivity index (χ1n) is 7.92. The van der Waals surface area contributed by atoms with Crippen LogP contribution in [0, 0.1) is 11.6 Å². The molecule has 0 heterocycles. The molecule has 0 saturated carbocycles. The van der Waals surface area contributed by atoms with Gasteiger partial charge in [0.1, 0.15) is 5.75 Å². The molecule has 0 saturated heterocycles. The lowest BCUT2D eigenvalue weighted by molar-refractivity contribution is -0.147. The second-order valence-corrected chi connectivity index (χ2v) is 5.70. The van der Waals surface area contributed by atoms with Crippen molar-refractivity contribution >= 4 is 5.97 Å². The lowest BCUT2D eigenvalue weighted by atomic mass is 10.1. The fourth-order valence-electron chi connectivity index (χ4n) is 2.27. The van der Waals surface area contributed by atoms with Crippen molar-refractivity contribution in [2.24, 2.45) is 0 Å². The smallest absolute Gasteiger partial charge is 0.346 e. The van der Waals surface area contributed by atoms with Crippen LogP contribution >= 0.6 is 0 Å². The Morgan fingerprint density at radius 2 is 1.76 bits per heavy atom. The number of ether oxygens (including phenoxy) is 2. The van der Waals surface area contributed by atoms with Crippen LogP contribution < -0.4 is 10.1 Å². The molecular weight excluding hydrogens is 328 g/mol. The molecule has 0 unspecified atom stereocenters. The minimum Gasteiger partial charge on any atom is -0.479 e. The maximum atomic E-state index is 13.3. The lowest BCUT2D eigenvalue weighted by Crippen LogP contribution is -2.24. The summed E-state index contributed by atoms with van der Waals surface area (Å²) < 4.78 is 36.3. The van der Waals surface area contributed by atoms with Crippen LogP contribution in [0.25, 0.3) is 0 Å². The molecule has 2 aromatic carbocycles. The molecule has 0 aromatic heterocycles. The number of rotatable bonds is 7. The van der Waals surface area contributed by atoms with Crippen LogP contribution in [-0.4, -0.2) is 19.2 Å². The highest BCUT2D eigenvalue weighted by molar-refractivity contribution is 5.74. The summed E-state index contributed by atoms with van der Waals surface area (Å²) in [6.45, 7) is 4.04. The molecule has 0 aliphatic heterocycles. The number of benzene rings is 2. The van der Waals surface area contributed by atoms with Crippen LogP contribution in [0.3, 0.4) is 0 Å². The number of halogens is 2. The van der Waals surface area contributed by atoms with Gasteiger partial charge in [-0.1, -0.05) is 18.2 Å². The van der Waals surface area contributed by atoms with Crippen molar-refractivity contribution in [3.8, 4) is 5.75 Å². The SMILES string of the molecule is COC(=O)[C@H](C)Oc1ccc(CN[C@H](C)c2ccc(F)c(F)c2)cc1. The lowest BCUT2D eigenvalue weighted by Gasteiger charge is -2.15. The average Bonchev–Trinajstić information content (AvgIpc) is 2.62. The molecule has 0 spiro atoms. The van der Waals surface area contributed by atoms with Gasteiger partial charge in [-0.3, -0.25) is 0 Å². The van der Waals surface area contributed by atoms with E-state index in [-0.39, 0.29) is 6.04 Å². The van der Waals surface area contributed by atoms with Gasteiger partial charge in [-0.2, -0.15) is 0 Å². The predicted octanol–water partition coefficient (Wildman–Crippen LogP) is 3.76. The second kappa shape index (κ2) is 8.58. The molecule has 0 bridgehead atoms. The number of esters is 1. The summed E-state index contributed by atoms with van der Waals surface area (Å²) in [5.74, 6) is -1.58. The van der Waals surface area contributed by atoms with Crippen molar-refractivity contribution in [1.29, 1.82) is 0 Å². The number of hydrogen-bond donors (Lipinski definition) is 1. The van der Waals surface area contributed by atoms with Gasteiger partial charge < -0.3 is 14.8 Å². The van der Waals surface area contributed by atoms with E-state index in [0.717, 1.165) is 11.6 Å². The van der Waals surface area contributed by atoms with E-state index in [1.165, 1.54) is 13.2 Å². The molecule has 0 radical (unpaired) electrons. The highest BCUT2D eigenvalue weighted by atomic mass is 19.2. The summed E-state index contributed by atoms with van der Waals surface area (Å²) >= 11 is 0. The third-order valence-corrected chi connectivity index (χ3v) is 3.83. The zero-order chi connectivity index (χ0) is 18.4.